The number of hydrogen-bond donors (Lipinski definition) is 2. The third-order valence-corrected chi connectivity index (χ3v) is 3.72. The Morgan fingerprint density at radius 3 is 2.11 bits per heavy atom. The van der Waals surface area contributed by atoms with Crippen molar-refractivity contribution in [3.05, 3.63) is 41.5 Å². The zero-order valence-electron chi connectivity index (χ0n) is 15.6. The molecule has 27 heavy (non-hydrogen) atoms. The Morgan fingerprint density at radius 2 is 1.56 bits per heavy atom. The molecule has 0 spiro atoms. The van der Waals surface area contributed by atoms with Crippen molar-refractivity contribution in [3.8, 4) is 28.7 Å². The van der Waals surface area contributed by atoms with Crippen molar-refractivity contribution >= 4 is 12.1 Å². The number of phenolic OH excluding ortho intramolecular Hbond substituents is 1. The van der Waals surface area contributed by atoms with E-state index >= 15 is 0 Å². The molecule has 0 fully saturated rings. The lowest BCUT2D eigenvalue weighted by Gasteiger charge is -2.09. The van der Waals surface area contributed by atoms with Crippen LogP contribution >= 0.6 is 0 Å². The van der Waals surface area contributed by atoms with Gasteiger partial charge in [-0.15, -0.1) is 0 Å². The third-order valence-electron chi connectivity index (χ3n) is 3.72. The standard InChI is InChI=1S/C19H22N2O6/c1-24-14-6-5-12(7-15(14)25-2)10-18(22)21-20-11-13-8-16(26-3)19(23)17(9-13)27-4/h5-9,11,23H,10H2,1-4H3,(H,21,22)/b20-11-. The predicted molar refractivity (Wildman–Crippen MR) is 100 cm³/mol. The normalized spacial score (nSPS) is 10.5. The second kappa shape index (κ2) is 9.33. The minimum absolute atomic E-state index is 0.102. The zero-order valence-corrected chi connectivity index (χ0v) is 15.6. The molecule has 2 rings (SSSR count). The van der Waals surface area contributed by atoms with Gasteiger partial charge in [0, 0.05) is 5.56 Å². The van der Waals surface area contributed by atoms with Crippen molar-refractivity contribution < 1.29 is 28.8 Å². The first-order valence-electron chi connectivity index (χ1n) is 8.00. The van der Waals surface area contributed by atoms with Crippen LogP contribution < -0.4 is 24.4 Å². The number of carbonyl (C=O) groups is 1. The molecular weight excluding hydrogens is 352 g/mol. The first kappa shape index (κ1) is 19.9. The van der Waals surface area contributed by atoms with Crippen molar-refractivity contribution in [3.63, 3.8) is 0 Å². The summed E-state index contributed by atoms with van der Waals surface area (Å²) in [5.74, 6) is 1.23. The summed E-state index contributed by atoms with van der Waals surface area (Å²) in [6, 6.07) is 8.39. The first-order valence-corrected chi connectivity index (χ1v) is 8.00. The molecule has 0 radical (unpaired) electrons. The molecule has 2 aromatic rings. The number of nitrogens with one attached hydrogen (secondary N) is 1. The highest BCUT2D eigenvalue weighted by Gasteiger charge is 2.11. The van der Waals surface area contributed by atoms with Crippen molar-refractivity contribution in [2.75, 3.05) is 28.4 Å². The zero-order chi connectivity index (χ0) is 19.8. The summed E-state index contributed by atoms with van der Waals surface area (Å²) in [4.78, 5) is 12.1. The lowest BCUT2D eigenvalue weighted by atomic mass is 10.1. The molecule has 0 aromatic heterocycles. The van der Waals surface area contributed by atoms with Gasteiger partial charge in [0.15, 0.2) is 23.0 Å². The summed E-state index contributed by atoms with van der Waals surface area (Å²) in [5.41, 5.74) is 3.80. The lowest BCUT2D eigenvalue weighted by Crippen LogP contribution is -2.19. The number of rotatable bonds is 8. The number of aromatic hydroxyl groups is 1. The van der Waals surface area contributed by atoms with Crippen LogP contribution in [0.3, 0.4) is 0 Å². The average Bonchev–Trinajstić information content (AvgIpc) is 2.68. The van der Waals surface area contributed by atoms with Crippen LogP contribution in [0.2, 0.25) is 0 Å². The molecule has 0 saturated carbocycles. The van der Waals surface area contributed by atoms with Gasteiger partial charge in [-0.25, -0.2) is 5.43 Å². The van der Waals surface area contributed by atoms with Crippen molar-refractivity contribution in [2.24, 2.45) is 5.10 Å². The predicted octanol–water partition coefficient (Wildman–Crippen LogP) is 2.12. The number of hydrogen-bond acceptors (Lipinski definition) is 7. The third kappa shape index (κ3) is 5.04. The van der Waals surface area contributed by atoms with Gasteiger partial charge in [-0.1, -0.05) is 6.07 Å². The van der Waals surface area contributed by atoms with Crippen molar-refractivity contribution in [1.29, 1.82) is 0 Å². The molecule has 1 amide bonds. The second-order valence-electron chi connectivity index (χ2n) is 5.43. The molecule has 8 nitrogen and oxygen atoms in total. The Balaban J connectivity index is 2.03. The van der Waals surface area contributed by atoms with E-state index in [-0.39, 0.29) is 29.6 Å². The van der Waals surface area contributed by atoms with E-state index in [1.54, 1.807) is 37.4 Å². The Bertz CT molecular complexity index is 810. The van der Waals surface area contributed by atoms with E-state index in [1.165, 1.54) is 27.5 Å². The maximum Gasteiger partial charge on any atom is 0.244 e. The second-order valence-corrected chi connectivity index (χ2v) is 5.43. The first-order chi connectivity index (χ1) is 13.0. The van der Waals surface area contributed by atoms with Gasteiger partial charge >= 0.3 is 0 Å². The molecule has 0 unspecified atom stereocenters. The van der Waals surface area contributed by atoms with Crippen LogP contribution in [0.4, 0.5) is 0 Å². The number of methoxy groups -OCH3 is 4. The number of nitrogens with zero attached hydrogens (tertiary/aromatic N) is 1. The van der Waals surface area contributed by atoms with Gasteiger partial charge in [0.2, 0.25) is 11.7 Å². The van der Waals surface area contributed by atoms with Crippen LogP contribution in [0.1, 0.15) is 11.1 Å². The van der Waals surface area contributed by atoms with E-state index in [0.29, 0.717) is 17.1 Å². The van der Waals surface area contributed by atoms with Crippen LogP contribution in [0.5, 0.6) is 28.7 Å². The number of ether oxygens (including phenoxy) is 4. The molecule has 0 aliphatic heterocycles. The van der Waals surface area contributed by atoms with Gasteiger partial charge in [-0.3, -0.25) is 4.79 Å². The quantitative estimate of drug-likeness (QED) is 0.542. The highest BCUT2D eigenvalue weighted by Crippen LogP contribution is 2.36. The number of hydrazone groups is 1. The minimum atomic E-state index is -0.295. The average molecular weight is 374 g/mol. The van der Waals surface area contributed by atoms with Crippen LogP contribution in [-0.2, 0) is 11.2 Å². The van der Waals surface area contributed by atoms with Gasteiger partial charge in [0.25, 0.3) is 0 Å². The van der Waals surface area contributed by atoms with Crippen LogP contribution in [0.25, 0.3) is 0 Å². The van der Waals surface area contributed by atoms with Crippen LogP contribution in [0, 0.1) is 0 Å². The topological polar surface area (TPSA) is 98.6 Å². The van der Waals surface area contributed by atoms with E-state index < -0.39 is 0 Å². The highest BCUT2D eigenvalue weighted by atomic mass is 16.5. The fraction of sp³-hybridized carbons (Fsp3) is 0.263. The number of carbonyl (C=O) groups excluding carboxylic acids is 1. The molecule has 144 valence electrons. The molecule has 2 N–H and O–H groups in total. The molecular formula is C19H22N2O6. The highest BCUT2D eigenvalue weighted by molar-refractivity contribution is 5.85. The summed E-state index contributed by atoms with van der Waals surface area (Å²) >= 11 is 0. The number of benzene rings is 2. The molecule has 8 heteroatoms. The van der Waals surface area contributed by atoms with E-state index in [4.69, 9.17) is 18.9 Å². The van der Waals surface area contributed by atoms with Crippen molar-refractivity contribution in [1.82, 2.24) is 5.43 Å². The Hall–Kier alpha value is -3.42. The monoisotopic (exact) mass is 374 g/mol. The molecule has 0 bridgehead atoms. The van der Waals surface area contributed by atoms with Gasteiger partial charge < -0.3 is 24.1 Å². The van der Waals surface area contributed by atoms with E-state index in [2.05, 4.69) is 10.5 Å². The van der Waals surface area contributed by atoms with Gasteiger partial charge in [0.05, 0.1) is 41.1 Å². The molecule has 0 saturated heterocycles. The SMILES string of the molecule is COc1ccc(CC(=O)N/N=C\c2cc(OC)c(O)c(OC)c2)cc1OC. The van der Waals surface area contributed by atoms with Gasteiger partial charge in [-0.05, 0) is 29.8 Å². The lowest BCUT2D eigenvalue weighted by molar-refractivity contribution is -0.120. The van der Waals surface area contributed by atoms with E-state index in [9.17, 15) is 9.90 Å². The molecule has 2 aromatic carbocycles. The van der Waals surface area contributed by atoms with Crippen LogP contribution in [0.15, 0.2) is 35.4 Å². The molecule has 0 atom stereocenters. The molecule has 0 aliphatic carbocycles. The maximum absolute atomic E-state index is 12.1. The Labute approximate surface area is 157 Å². The maximum atomic E-state index is 12.1. The fourth-order valence-electron chi connectivity index (χ4n) is 2.38. The molecule has 0 aliphatic rings. The number of phenols is 1. The van der Waals surface area contributed by atoms with Crippen LogP contribution in [-0.4, -0.2) is 45.7 Å². The summed E-state index contributed by atoms with van der Waals surface area (Å²) < 4.78 is 20.5. The Morgan fingerprint density at radius 1 is 0.963 bits per heavy atom. The summed E-state index contributed by atoms with van der Waals surface area (Å²) in [6.45, 7) is 0. The fourth-order valence-corrected chi connectivity index (χ4v) is 2.38. The van der Waals surface area contributed by atoms with Crippen molar-refractivity contribution in [2.45, 2.75) is 6.42 Å². The van der Waals surface area contributed by atoms with Gasteiger partial charge in [0.1, 0.15) is 0 Å². The summed E-state index contributed by atoms with van der Waals surface area (Å²) in [6.07, 6.45) is 1.55. The van der Waals surface area contributed by atoms with E-state index in [1.807, 2.05) is 0 Å². The molecule has 0 heterocycles. The summed E-state index contributed by atoms with van der Waals surface area (Å²) in [5, 5.41) is 13.8. The van der Waals surface area contributed by atoms with E-state index in [0.717, 1.165) is 5.56 Å². The minimum Gasteiger partial charge on any atom is -0.502 e. The smallest absolute Gasteiger partial charge is 0.244 e. The number of amides is 1. The van der Waals surface area contributed by atoms with Gasteiger partial charge in [-0.2, -0.15) is 5.10 Å². The largest absolute Gasteiger partial charge is 0.502 e. The Kier molecular flexibility index (Phi) is 6.87. The summed E-state index contributed by atoms with van der Waals surface area (Å²) in [7, 11) is 5.94.